The van der Waals surface area contributed by atoms with Crippen LogP contribution in [-0.2, 0) is 11.2 Å². The summed E-state index contributed by atoms with van der Waals surface area (Å²) in [6.45, 7) is 6.27. The molecule has 0 unspecified atom stereocenters. The third kappa shape index (κ3) is 4.19. The van der Waals surface area contributed by atoms with E-state index in [9.17, 15) is 0 Å². The molecule has 1 heterocycles. The molecule has 2 nitrogen and oxygen atoms in total. The van der Waals surface area contributed by atoms with Crippen LogP contribution in [0.3, 0.4) is 0 Å². The summed E-state index contributed by atoms with van der Waals surface area (Å²) in [6.07, 6.45) is 5.57. The van der Waals surface area contributed by atoms with Crippen molar-refractivity contribution in [1.82, 2.24) is 4.90 Å². The molecule has 0 saturated carbocycles. The van der Waals surface area contributed by atoms with Crippen molar-refractivity contribution in [2.75, 3.05) is 26.2 Å². The summed E-state index contributed by atoms with van der Waals surface area (Å²) in [7, 11) is 0. The number of hydrogen-bond acceptors (Lipinski definition) is 2. The van der Waals surface area contributed by atoms with Crippen LogP contribution < -0.4 is 0 Å². The van der Waals surface area contributed by atoms with Crippen LogP contribution >= 0.6 is 0 Å². The fourth-order valence-electron chi connectivity index (χ4n) is 2.36. The fourth-order valence-corrected chi connectivity index (χ4v) is 2.36. The first-order valence-electron chi connectivity index (χ1n) is 6.96. The first-order chi connectivity index (χ1) is 8.88. The summed E-state index contributed by atoms with van der Waals surface area (Å²) < 4.78 is 5.61. The molecule has 0 spiro atoms. The maximum Gasteiger partial charge on any atom is 0.0933 e. The molecule has 2 heteroatoms. The van der Waals surface area contributed by atoms with Crippen LogP contribution in [0.15, 0.2) is 42.2 Å². The number of rotatable bonds is 5. The summed E-state index contributed by atoms with van der Waals surface area (Å²) in [6, 6.07) is 10.7. The Kier molecular flexibility index (Phi) is 5.28. The van der Waals surface area contributed by atoms with Gasteiger partial charge in [0.1, 0.15) is 0 Å². The Morgan fingerprint density at radius 3 is 2.78 bits per heavy atom. The maximum atomic E-state index is 5.61. The largest absolute Gasteiger partial charge is 0.499 e. The highest BCUT2D eigenvalue weighted by Crippen LogP contribution is 2.12. The van der Waals surface area contributed by atoms with E-state index >= 15 is 0 Å². The van der Waals surface area contributed by atoms with Crippen LogP contribution in [0, 0.1) is 0 Å². The molecule has 1 aliphatic heterocycles. The van der Waals surface area contributed by atoms with E-state index in [2.05, 4.69) is 48.2 Å². The molecular formula is C16H23NO. The maximum absolute atomic E-state index is 5.61. The van der Waals surface area contributed by atoms with Crippen molar-refractivity contribution < 1.29 is 4.74 Å². The molecule has 98 valence electrons. The normalized spacial score (nSPS) is 17.1. The lowest BCUT2D eigenvalue weighted by Gasteiger charge is -2.19. The van der Waals surface area contributed by atoms with Gasteiger partial charge < -0.3 is 9.64 Å². The first-order valence-corrected chi connectivity index (χ1v) is 6.96. The molecule has 0 fully saturated rings. The van der Waals surface area contributed by atoms with Gasteiger partial charge in [-0.1, -0.05) is 30.3 Å². The quantitative estimate of drug-likeness (QED) is 0.789. The van der Waals surface area contributed by atoms with E-state index in [1.54, 1.807) is 0 Å². The third-order valence-electron chi connectivity index (χ3n) is 3.38. The van der Waals surface area contributed by atoms with Gasteiger partial charge in [0.15, 0.2) is 0 Å². The Labute approximate surface area is 110 Å². The summed E-state index contributed by atoms with van der Waals surface area (Å²) in [5.41, 5.74) is 1.43. The van der Waals surface area contributed by atoms with Gasteiger partial charge in [0.05, 0.1) is 12.4 Å². The van der Waals surface area contributed by atoms with Crippen molar-refractivity contribution >= 4 is 0 Å². The lowest BCUT2D eigenvalue weighted by atomic mass is 10.1. The number of hydrogen-bond donors (Lipinski definition) is 0. The molecule has 0 bridgehead atoms. The standard InChI is InChI=1S/C16H23NO/c1-2-18-16-9-6-12-17(14-11-16)13-10-15-7-4-3-5-8-15/h3-5,7-9H,2,6,10-14H2,1H3. The monoisotopic (exact) mass is 245 g/mol. The highest BCUT2D eigenvalue weighted by atomic mass is 16.5. The van der Waals surface area contributed by atoms with Crippen molar-refractivity contribution in [3.8, 4) is 0 Å². The smallest absolute Gasteiger partial charge is 0.0933 e. The van der Waals surface area contributed by atoms with Crippen LogP contribution in [0.1, 0.15) is 25.3 Å². The molecule has 0 aromatic heterocycles. The minimum atomic E-state index is 0.788. The van der Waals surface area contributed by atoms with Crippen molar-refractivity contribution in [3.05, 3.63) is 47.7 Å². The second-order valence-corrected chi connectivity index (χ2v) is 4.72. The van der Waals surface area contributed by atoms with E-state index < -0.39 is 0 Å². The second kappa shape index (κ2) is 7.22. The fraction of sp³-hybridized carbons (Fsp3) is 0.500. The van der Waals surface area contributed by atoms with Gasteiger partial charge in [0.2, 0.25) is 0 Å². The summed E-state index contributed by atoms with van der Waals surface area (Å²) in [5, 5.41) is 0. The van der Waals surface area contributed by atoms with E-state index in [4.69, 9.17) is 4.74 Å². The molecule has 0 atom stereocenters. The predicted octanol–water partition coefficient (Wildman–Crippen LogP) is 3.25. The average Bonchev–Trinajstić information content (AvgIpc) is 2.64. The molecule has 0 radical (unpaired) electrons. The Hall–Kier alpha value is -1.28. The SMILES string of the molecule is CCOC1=CCCN(CCc2ccccc2)CC1. The molecule has 0 amide bonds. The van der Waals surface area contributed by atoms with Gasteiger partial charge in [-0.15, -0.1) is 0 Å². The second-order valence-electron chi connectivity index (χ2n) is 4.72. The minimum Gasteiger partial charge on any atom is -0.499 e. The van der Waals surface area contributed by atoms with Gasteiger partial charge in [-0.2, -0.15) is 0 Å². The van der Waals surface area contributed by atoms with Gasteiger partial charge in [-0.3, -0.25) is 0 Å². The summed E-state index contributed by atoms with van der Waals surface area (Å²) in [4.78, 5) is 2.54. The molecule has 1 aliphatic rings. The Balaban J connectivity index is 1.75. The van der Waals surface area contributed by atoms with E-state index in [1.807, 2.05) is 0 Å². The molecule has 18 heavy (non-hydrogen) atoms. The molecule has 1 aromatic carbocycles. The van der Waals surface area contributed by atoms with Gasteiger partial charge in [0, 0.05) is 26.1 Å². The average molecular weight is 245 g/mol. The van der Waals surface area contributed by atoms with Crippen LogP contribution in [0.4, 0.5) is 0 Å². The zero-order valence-corrected chi connectivity index (χ0v) is 11.3. The van der Waals surface area contributed by atoms with Crippen molar-refractivity contribution in [2.45, 2.75) is 26.2 Å². The highest BCUT2D eigenvalue weighted by molar-refractivity contribution is 5.14. The van der Waals surface area contributed by atoms with Gasteiger partial charge in [-0.05, 0) is 31.4 Å². The van der Waals surface area contributed by atoms with E-state index in [0.717, 1.165) is 45.5 Å². The Morgan fingerprint density at radius 1 is 1.17 bits per heavy atom. The Bertz CT molecular complexity index is 372. The van der Waals surface area contributed by atoms with E-state index in [1.165, 1.54) is 11.3 Å². The summed E-state index contributed by atoms with van der Waals surface area (Å²) >= 11 is 0. The minimum absolute atomic E-state index is 0.788. The molecule has 1 aromatic rings. The predicted molar refractivity (Wildman–Crippen MR) is 75.5 cm³/mol. The highest BCUT2D eigenvalue weighted by Gasteiger charge is 2.10. The van der Waals surface area contributed by atoms with Crippen molar-refractivity contribution in [1.29, 1.82) is 0 Å². The van der Waals surface area contributed by atoms with E-state index in [-0.39, 0.29) is 0 Å². The zero-order chi connectivity index (χ0) is 12.6. The van der Waals surface area contributed by atoms with Crippen LogP contribution in [0.25, 0.3) is 0 Å². The molecule has 0 saturated heterocycles. The number of nitrogens with zero attached hydrogens (tertiary/aromatic N) is 1. The van der Waals surface area contributed by atoms with Crippen LogP contribution in [0.2, 0.25) is 0 Å². The third-order valence-corrected chi connectivity index (χ3v) is 3.38. The lowest BCUT2D eigenvalue weighted by Crippen LogP contribution is -2.27. The van der Waals surface area contributed by atoms with Crippen LogP contribution in [-0.4, -0.2) is 31.1 Å². The lowest BCUT2D eigenvalue weighted by molar-refractivity contribution is 0.207. The Morgan fingerprint density at radius 2 is 2.00 bits per heavy atom. The molecule has 0 N–H and O–H groups in total. The van der Waals surface area contributed by atoms with Crippen molar-refractivity contribution in [2.24, 2.45) is 0 Å². The molecule has 0 aliphatic carbocycles. The van der Waals surface area contributed by atoms with Gasteiger partial charge in [0.25, 0.3) is 0 Å². The first kappa shape index (κ1) is 13.2. The van der Waals surface area contributed by atoms with Crippen LogP contribution in [0.5, 0.6) is 0 Å². The molecular weight excluding hydrogens is 222 g/mol. The summed E-state index contributed by atoms with van der Waals surface area (Å²) in [5.74, 6) is 1.18. The van der Waals surface area contributed by atoms with Gasteiger partial charge in [-0.25, -0.2) is 0 Å². The van der Waals surface area contributed by atoms with Crippen molar-refractivity contribution in [3.63, 3.8) is 0 Å². The number of ether oxygens (including phenoxy) is 1. The topological polar surface area (TPSA) is 12.5 Å². The van der Waals surface area contributed by atoms with E-state index in [0.29, 0.717) is 0 Å². The number of benzene rings is 1. The molecule has 2 rings (SSSR count). The zero-order valence-electron chi connectivity index (χ0n) is 11.3. The van der Waals surface area contributed by atoms with Gasteiger partial charge >= 0.3 is 0 Å².